The third-order valence-electron chi connectivity index (χ3n) is 8.30. The van der Waals surface area contributed by atoms with Crippen molar-refractivity contribution in [1.82, 2.24) is 9.97 Å². The first-order chi connectivity index (χ1) is 20.3. The fourth-order valence-corrected chi connectivity index (χ4v) is 6.21. The first-order valence-electron chi connectivity index (χ1n) is 13.6. The Morgan fingerprint density at radius 3 is 2.48 bits per heavy atom. The average Bonchev–Trinajstić information content (AvgIpc) is 3.70. The molecule has 0 amide bonds. The van der Waals surface area contributed by atoms with Crippen LogP contribution in [0.2, 0.25) is 0 Å². The number of nitriles is 1. The number of aromatic nitrogens is 2. The number of nitrogens with zero attached hydrogens (tertiary/aromatic N) is 2. The number of alkyl halides is 3. The second-order valence-electron chi connectivity index (χ2n) is 10.7. The van der Waals surface area contributed by atoms with Gasteiger partial charge >= 0.3 is 6.18 Å². The van der Waals surface area contributed by atoms with Gasteiger partial charge in [-0.25, -0.2) is 0 Å². The molecule has 206 valence electrons. The van der Waals surface area contributed by atoms with E-state index in [1.165, 1.54) is 17.7 Å². The lowest BCUT2D eigenvalue weighted by atomic mass is 9.93. The lowest BCUT2D eigenvalue weighted by Crippen LogP contribution is -2.19. The van der Waals surface area contributed by atoms with Crippen molar-refractivity contribution in [2.45, 2.75) is 18.6 Å². The number of rotatable bonds is 4. The summed E-state index contributed by atoms with van der Waals surface area (Å²) in [5.41, 5.74) is 6.61. The van der Waals surface area contributed by atoms with E-state index in [1.54, 1.807) is 18.3 Å². The monoisotopic (exact) mass is 558 g/mol. The molecule has 0 saturated carbocycles. The number of H-pyrrole nitrogens is 2. The van der Waals surface area contributed by atoms with Crippen LogP contribution in [-0.2, 0) is 12.6 Å². The zero-order chi connectivity index (χ0) is 29.0. The number of nitrogens with one attached hydrogen (secondary N) is 2. The Morgan fingerprint density at radius 2 is 1.67 bits per heavy atom. The highest BCUT2D eigenvalue weighted by Gasteiger charge is 2.34. The van der Waals surface area contributed by atoms with E-state index in [0.717, 1.165) is 45.5 Å². The summed E-state index contributed by atoms with van der Waals surface area (Å²) in [6.07, 6.45) is 1.64. The Labute approximate surface area is 240 Å². The Bertz CT molecular complexity index is 2050. The molecule has 3 heterocycles. The van der Waals surface area contributed by atoms with Crippen molar-refractivity contribution >= 4 is 39.1 Å². The molecule has 2 N–H and O–H groups in total. The Kier molecular flexibility index (Phi) is 5.95. The topological polar surface area (TPSA) is 58.6 Å². The van der Waals surface area contributed by atoms with E-state index in [2.05, 4.69) is 40.1 Å². The molecule has 6 aromatic rings. The number of fused-ring (bicyclic) bond motifs is 3. The summed E-state index contributed by atoms with van der Waals surface area (Å²) >= 11 is 0. The molecule has 4 nitrogen and oxygen atoms in total. The van der Waals surface area contributed by atoms with Crippen LogP contribution in [0.15, 0.2) is 97.3 Å². The minimum Gasteiger partial charge on any atom is -0.367 e. The summed E-state index contributed by atoms with van der Waals surface area (Å²) in [7, 11) is 2.05. The Hall–Kier alpha value is -5.22. The second-order valence-corrected chi connectivity index (χ2v) is 10.7. The maximum Gasteiger partial charge on any atom is 0.417 e. The van der Waals surface area contributed by atoms with Crippen LogP contribution in [0.1, 0.15) is 33.9 Å². The largest absolute Gasteiger partial charge is 0.417 e. The number of hydrogen-bond donors (Lipinski definition) is 2. The molecule has 0 spiro atoms. The van der Waals surface area contributed by atoms with Crippen LogP contribution in [0, 0.1) is 11.3 Å². The van der Waals surface area contributed by atoms with Gasteiger partial charge in [0, 0.05) is 58.1 Å². The van der Waals surface area contributed by atoms with Gasteiger partial charge in [-0.2, -0.15) is 18.4 Å². The first-order valence-corrected chi connectivity index (χ1v) is 13.6. The Balaban J connectivity index is 1.34. The minimum absolute atomic E-state index is 0.0668. The van der Waals surface area contributed by atoms with E-state index in [-0.39, 0.29) is 11.6 Å². The number of anilines is 1. The van der Waals surface area contributed by atoms with E-state index in [0.29, 0.717) is 22.3 Å². The van der Waals surface area contributed by atoms with Gasteiger partial charge in [-0.05, 0) is 71.1 Å². The van der Waals surface area contributed by atoms with Gasteiger partial charge in [-0.1, -0.05) is 48.5 Å². The predicted octanol–water partition coefficient (Wildman–Crippen LogP) is 9.13. The van der Waals surface area contributed by atoms with Crippen molar-refractivity contribution in [3.8, 4) is 17.2 Å². The number of aromatic amines is 2. The highest BCUT2D eigenvalue weighted by atomic mass is 19.4. The van der Waals surface area contributed by atoms with Gasteiger partial charge in [0.25, 0.3) is 0 Å². The molecule has 0 fully saturated rings. The molecule has 0 unspecified atom stereocenters. The van der Waals surface area contributed by atoms with Crippen molar-refractivity contribution in [3.05, 3.63) is 125 Å². The molecule has 0 saturated heterocycles. The molecular formula is C35H25F3N4. The molecule has 2 aromatic heterocycles. The molecule has 0 radical (unpaired) electrons. The zero-order valence-electron chi connectivity index (χ0n) is 22.6. The minimum atomic E-state index is -4.55. The van der Waals surface area contributed by atoms with Crippen LogP contribution in [0.3, 0.4) is 0 Å². The van der Waals surface area contributed by atoms with E-state index in [9.17, 15) is 18.4 Å². The van der Waals surface area contributed by atoms with Gasteiger partial charge in [-0.15, -0.1) is 0 Å². The van der Waals surface area contributed by atoms with Crippen molar-refractivity contribution in [2.24, 2.45) is 0 Å². The van der Waals surface area contributed by atoms with Crippen LogP contribution in [0.5, 0.6) is 0 Å². The van der Waals surface area contributed by atoms with E-state index >= 15 is 0 Å². The summed E-state index contributed by atoms with van der Waals surface area (Å²) in [6, 6.07) is 27.6. The quantitative estimate of drug-likeness (QED) is 0.212. The maximum atomic E-state index is 14.3. The third kappa shape index (κ3) is 4.24. The Morgan fingerprint density at radius 1 is 0.905 bits per heavy atom. The number of halogens is 3. The van der Waals surface area contributed by atoms with Gasteiger partial charge in [-0.3, -0.25) is 0 Å². The molecule has 0 bridgehead atoms. The van der Waals surface area contributed by atoms with Gasteiger partial charge < -0.3 is 14.9 Å². The van der Waals surface area contributed by atoms with Crippen LogP contribution < -0.4 is 4.90 Å². The van der Waals surface area contributed by atoms with Crippen LogP contribution >= 0.6 is 0 Å². The number of allylic oxidation sites excluding steroid dienone is 1. The van der Waals surface area contributed by atoms with E-state index in [1.807, 2.05) is 54.7 Å². The average molecular weight is 559 g/mol. The fourth-order valence-electron chi connectivity index (χ4n) is 6.21. The van der Waals surface area contributed by atoms with Gasteiger partial charge in [0.1, 0.15) is 0 Å². The highest BCUT2D eigenvalue weighted by Crippen LogP contribution is 2.43. The molecular weight excluding hydrogens is 533 g/mol. The molecule has 7 heteroatoms. The summed E-state index contributed by atoms with van der Waals surface area (Å²) in [5.74, 6) is 0. The molecule has 7 rings (SSSR count). The van der Waals surface area contributed by atoms with Crippen molar-refractivity contribution in [1.29, 1.82) is 5.26 Å². The zero-order valence-corrected chi connectivity index (χ0v) is 22.6. The number of hydrogen-bond acceptors (Lipinski definition) is 2. The fraction of sp³-hybridized carbons (Fsp3) is 0.114. The second kappa shape index (κ2) is 9.71. The normalized spacial score (nSPS) is 15.4. The molecule has 1 aliphatic heterocycles. The third-order valence-corrected chi connectivity index (χ3v) is 8.30. The number of likely N-dealkylation sites (N-methyl/N-ethyl adjacent to an activating group) is 1. The van der Waals surface area contributed by atoms with Crippen molar-refractivity contribution < 1.29 is 13.2 Å². The molecule has 1 aliphatic rings. The summed E-state index contributed by atoms with van der Waals surface area (Å²) < 4.78 is 42.9. The van der Waals surface area contributed by atoms with Gasteiger partial charge in [0.05, 0.1) is 23.2 Å². The lowest BCUT2D eigenvalue weighted by Gasteiger charge is -2.22. The first kappa shape index (κ1) is 25.7. The maximum absolute atomic E-state index is 14.3. The van der Waals surface area contributed by atoms with Gasteiger partial charge in [0.15, 0.2) is 0 Å². The van der Waals surface area contributed by atoms with Crippen molar-refractivity contribution in [3.63, 3.8) is 0 Å². The van der Waals surface area contributed by atoms with E-state index in [4.69, 9.17) is 0 Å². The number of benzene rings is 4. The smallest absolute Gasteiger partial charge is 0.367 e. The summed E-state index contributed by atoms with van der Waals surface area (Å²) in [5, 5.41) is 11.8. The van der Waals surface area contributed by atoms with Gasteiger partial charge in [0.2, 0.25) is 0 Å². The van der Waals surface area contributed by atoms with Crippen LogP contribution in [-0.4, -0.2) is 17.0 Å². The lowest BCUT2D eigenvalue weighted by molar-refractivity contribution is -0.137. The number of para-hydroxylation sites is 2. The summed E-state index contributed by atoms with van der Waals surface area (Å²) in [4.78, 5) is 8.70. The molecule has 1 atom stereocenters. The molecule has 0 aliphatic carbocycles. The molecule has 4 aromatic carbocycles. The van der Waals surface area contributed by atoms with E-state index < -0.39 is 11.7 Å². The highest BCUT2D eigenvalue weighted by molar-refractivity contribution is 6.01. The van der Waals surface area contributed by atoms with Crippen LogP contribution in [0.25, 0.3) is 44.6 Å². The molecule has 42 heavy (non-hydrogen) atoms. The summed E-state index contributed by atoms with van der Waals surface area (Å²) in [6.45, 7) is 0. The predicted molar refractivity (Wildman–Crippen MR) is 162 cm³/mol. The SMILES string of the molecule is CN1c2ccccc2C[C@H]1c1c[nH]c2ccc(-c3cc(/C=C(\C#N)c4c[nH]c5ccccc45)ccc3C(F)(F)F)cc12. The van der Waals surface area contributed by atoms with Crippen LogP contribution in [0.4, 0.5) is 18.9 Å². The standard InChI is InChI=1S/C35H25F3N4/c1-42-33-9-5-2-6-23(33)17-34(42)29-20-41-32-13-11-22(16-27(29)32)26-15-21(10-12-30(26)35(36,37)38)14-24(18-39)28-19-40-31-8-4-3-7-25(28)31/h2-16,19-20,34,40-41H,17H2,1H3/b24-14+/t34-/m0/s1. The van der Waals surface area contributed by atoms with Crippen molar-refractivity contribution in [2.75, 3.05) is 11.9 Å².